The number of halogens is 1. The molecule has 5 nitrogen and oxygen atoms in total. The van der Waals surface area contributed by atoms with Crippen molar-refractivity contribution in [2.24, 2.45) is 0 Å². The lowest BCUT2D eigenvalue weighted by atomic mass is 10.1. The normalized spacial score (nSPS) is 10.2. The zero-order chi connectivity index (χ0) is 17.1. The molecule has 2 aromatic carbocycles. The van der Waals surface area contributed by atoms with Crippen LogP contribution in [0.25, 0.3) is 10.9 Å². The maximum Gasteiger partial charge on any atom is 0.162 e. The van der Waals surface area contributed by atoms with Crippen LogP contribution in [-0.2, 0) is 0 Å². The molecule has 0 saturated heterocycles. The Bertz CT molecular complexity index is 951. The fourth-order valence-corrected chi connectivity index (χ4v) is 2.44. The summed E-state index contributed by atoms with van der Waals surface area (Å²) in [6.45, 7) is 0. The molecule has 0 saturated carbocycles. The van der Waals surface area contributed by atoms with Crippen LogP contribution in [0.5, 0.6) is 11.5 Å². The standard InChI is InChI=1S/C18H14FN3O2/c1-23-16-6-4-13(8-17(16)24-2)22-18-11(9-20)10-21-15-5-3-12(19)7-14(15)18/h3-8,10H,1-2H3,(H,21,22). The molecule has 1 N–H and O–H groups in total. The fourth-order valence-electron chi connectivity index (χ4n) is 2.44. The number of hydrogen-bond acceptors (Lipinski definition) is 5. The van der Waals surface area contributed by atoms with Crippen LogP contribution in [-0.4, -0.2) is 19.2 Å². The lowest BCUT2D eigenvalue weighted by molar-refractivity contribution is 0.355. The molecule has 0 atom stereocenters. The molecule has 0 amide bonds. The molecule has 0 aliphatic carbocycles. The fraction of sp³-hybridized carbons (Fsp3) is 0.111. The van der Waals surface area contributed by atoms with Gasteiger partial charge >= 0.3 is 0 Å². The summed E-state index contributed by atoms with van der Waals surface area (Å²) in [5.41, 5.74) is 2.09. The highest BCUT2D eigenvalue weighted by Crippen LogP contribution is 2.34. The van der Waals surface area contributed by atoms with Crippen molar-refractivity contribution in [1.29, 1.82) is 5.26 Å². The van der Waals surface area contributed by atoms with Gasteiger partial charge in [-0.3, -0.25) is 4.98 Å². The first-order valence-corrected chi connectivity index (χ1v) is 7.13. The number of methoxy groups -OCH3 is 2. The summed E-state index contributed by atoms with van der Waals surface area (Å²) in [7, 11) is 3.09. The van der Waals surface area contributed by atoms with E-state index in [0.717, 1.165) is 0 Å². The minimum Gasteiger partial charge on any atom is -0.493 e. The van der Waals surface area contributed by atoms with E-state index >= 15 is 0 Å². The van der Waals surface area contributed by atoms with Gasteiger partial charge in [0.05, 0.1) is 31.0 Å². The van der Waals surface area contributed by atoms with E-state index < -0.39 is 5.82 Å². The van der Waals surface area contributed by atoms with Crippen LogP contribution >= 0.6 is 0 Å². The summed E-state index contributed by atoms with van der Waals surface area (Å²) in [4.78, 5) is 4.18. The van der Waals surface area contributed by atoms with Gasteiger partial charge in [0.2, 0.25) is 0 Å². The van der Waals surface area contributed by atoms with Gasteiger partial charge in [0.15, 0.2) is 11.5 Å². The van der Waals surface area contributed by atoms with Crippen LogP contribution in [0.15, 0.2) is 42.6 Å². The highest BCUT2D eigenvalue weighted by atomic mass is 19.1. The second-order valence-corrected chi connectivity index (χ2v) is 5.01. The molecule has 24 heavy (non-hydrogen) atoms. The molecule has 0 radical (unpaired) electrons. The monoisotopic (exact) mass is 323 g/mol. The molecule has 0 bridgehead atoms. The van der Waals surface area contributed by atoms with Crippen LogP contribution in [0, 0.1) is 17.1 Å². The first-order chi connectivity index (χ1) is 11.7. The maximum absolute atomic E-state index is 13.6. The minimum atomic E-state index is -0.394. The van der Waals surface area contributed by atoms with Gasteiger partial charge in [-0.05, 0) is 30.3 Å². The van der Waals surface area contributed by atoms with E-state index in [1.807, 2.05) is 0 Å². The smallest absolute Gasteiger partial charge is 0.162 e. The van der Waals surface area contributed by atoms with Gasteiger partial charge in [0, 0.05) is 23.3 Å². The van der Waals surface area contributed by atoms with Gasteiger partial charge in [0.25, 0.3) is 0 Å². The molecule has 1 heterocycles. The van der Waals surface area contributed by atoms with Crippen LogP contribution in [0.4, 0.5) is 15.8 Å². The number of aromatic nitrogens is 1. The van der Waals surface area contributed by atoms with Gasteiger partial charge in [0.1, 0.15) is 11.9 Å². The molecule has 0 aliphatic heterocycles. The Morgan fingerprint density at radius 3 is 2.58 bits per heavy atom. The highest BCUT2D eigenvalue weighted by molar-refractivity contribution is 5.95. The lowest BCUT2D eigenvalue weighted by Gasteiger charge is -2.14. The number of nitriles is 1. The number of fused-ring (bicyclic) bond motifs is 1. The Balaban J connectivity index is 2.12. The zero-order valence-corrected chi connectivity index (χ0v) is 13.1. The number of pyridine rings is 1. The first-order valence-electron chi connectivity index (χ1n) is 7.13. The van der Waals surface area contributed by atoms with Crippen molar-refractivity contribution < 1.29 is 13.9 Å². The highest BCUT2D eigenvalue weighted by Gasteiger charge is 2.12. The van der Waals surface area contributed by atoms with Crippen molar-refractivity contribution >= 4 is 22.3 Å². The third-order valence-corrected chi connectivity index (χ3v) is 3.60. The summed E-state index contributed by atoms with van der Waals surface area (Å²) >= 11 is 0. The number of nitrogens with zero attached hydrogens (tertiary/aromatic N) is 2. The van der Waals surface area contributed by atoms with Gasteiger partial charge in [-0.1, -0.05) is 0 Å². The molecule has 3 aromatic rings. The maximum atomic E-state index is 13.6. The Labute approximate surface area is 138 Å². The first kappa shape index (κ1) is 15.6. The Morgan fingerprint density at radius 2 is 1.88 bits per heavy atom. The van der Waals surface area contributed by atoms with Crippen LogP contribution in [0.3, 0.4) is 0 Å². The van der Waals surface area contributed by atoms with E-state index in [0.29, 0.717) is 39.3 Å². The third-order valence-electron chi connectivity index (χ3n) is 3.60. The number of rotatable bonds is 4. The molecular weight excluding hydrogens is 309 g/mol. The largest absolute Gasteiger partial charge is 0.493 e. The predicted octanol–water partition coefficient (Wildman–Crippen LogP) is 4.01. The van der Waals surface area contributed by atoms with Crippen molar-refractivity contribution in [3.8, 4) is 17.6 Å². The van der Waals surface area contributed by atoms with Gasteiger partial charge in [-0.2, -0.15) is 5.26 Å². The zero-order valence-electron chi connectivity index (χ0n) is 13.1. The molecule has 120 valence electrons. The summed E-state index contributed by atoms with van der Waals surface area (Å²) < 4.78 is 24.1. The third kappa shape index (κ3) is 2.79. The summed E-state index contributed by atoms with van der Waals surface area (Å²) in [6, 6.07) is 11.6. The average Bonchev–Trinajstić information content (AvgIpc) is 2.62. The van der Waals surface area contributed by atoms with Crippen LogP contribution in [0.1, 0.15) is 5.56 Å². The minimum absolute atomic E-state index is 0.322. The number of ether oxygens (including phenoxy) is 2. The summed E-state index contributed by atoms with van der Waals surface area (Å²) in [6.07, 6.45) is 1.46. The number of nitrogens with one attached hydrogen (secondary N) is 1. The lowest BCUT2D eigenvalue weighted by Crippen LogP contribution is -1.98. The Morgan fingerprint density at radius 1 is 1.08 bits per heavy atom. The number of anilines is 2. The van der Waals surface area contributed by atoms with Crippen molar-refractivity contribution in [3.63, 3.8) is 0 Å². The summed E-state index contributed by atoms with van der Waals surface area (Å²) in [5.74, 6) is 0.745. The van der Waals surface area contributed by atoms with E-state index in [4.69, 9.17) is 9.47 Å². The topological polar surface area (TPSA) is 67.2 Å². The predicted molar refractivity (Wildman–Crippen MR) is 89.2 cm³/mol. The second kappa shape index (κ2) is 6.42. The van der Waals surface area contributed by atoms with Gasteiger partial charge in [-0.25, -0.2) is 4.39 Å². The van der Waals surface area contributed by atoms with Crippen LogP contribution < -0.4 is 14.8 Å². The molecule has 1 aromatic heterocycles. The molecule has 0 aliphatic rings. The number of benzene rings is 2. The quantitative estimate of drug-likeness (QED) is 0.786. The van der Waals surface area contributed by atoms with E-state index in [-0.39, 0.29) is 0 Å². The SMILES string of the molecule is COc1ccc(Nc2c(C#N)cnc3ccc(F)cc23)cc1OC. The molecular formula is C18H14FN3O2. The van der Waals surface area contributed by atoms with Crippen LogP contribution in [0.2, 0.25) is 0 Å². The van der Waals surface area contributed by atoms with Crippen molar-refractivity contribution in [2.75, 3.05) is 19.5 Å². The average molecular weight is 323 g/mol. The Kier molecular flexibility index (Phi) is 4.17. The molecule has 0 unspecified atom stereocenters. The molecule has 3 rings (SSSR count). The van der Waals surface area contributed by atoms with Crippen molar-refractivity contribution in [2.45, 2.75) is 0 Å². The van der Waals surface area contributed by atoms with E-state index in [2.05, 4.69) is 16.4 Å². The van der Waals surface area contributed by atoms with Gasteiger partial charge < -0.3 is 14.8 Å². The summed E-state index contributed by atoms with van der Waals surface area (Å²) in [5, 5.41) is 13.0. The van der Waals surface area contributed by atoms with E-state index in [1.165, 1.54) is 18.3 Å². The van der Waals surface area contributed by atoms with Crippen molar-refractivity contribution in [3.05, 3.63) is 54.0 Å². The molecule has 0 spiro atoms. The second-order valence-electron chi connectivity index (χ2n) is 5.01. The Hall–Kier alpha value is -3.33. The van der Waals surface area contributed by atoms with Crippen molar-refractivity contribution in [1.82, 2.24) is 4.98 Å². The van der Waals surface area contributed by atoms with E-state index in [1.54, 1.807) is 38.5 Å². The molecule has 0 fully saturated rings. The van der Waals surface area contributed by atoms with Gasteiger partial charge in [-0.15, -0.1) is 0 Å². The van der Waals surface area contributed by atoms with E-state index in [9.17, 15) is 9.65 Å². The molecule has 6 heteroatoms. The number of hydrogen-bond donors (Lipinski definition) is 1.